The van der Waals surface area contributed by atoms with Gasteiger partial charge in [0.25, 0.3) is 0 Å². The summed E-state index contributed by atoms with van der Waals surface area (Å²) in [6, 6.07) is -0.742. The van der Waals surface area contributed by atoms with Crippen LogP contribution in [0.3, 0.4) is 0 Å². The zero-order chi connectivity index (χ0) is 12.7. The number of hydrogen-bond donors (Lipinski definition) is 1. The molecular formula is C10H12N2O. The minimum absolute atomic E-state index is 0.0859. The Balaban J connectivity index is 3.01. The van der Waals surface area contributed by atoms with Crippen molar-refractivity contribution in [1.82, 2.24) is 4.73 Å². The lowest BCUT2D eigenvalue weighted by Gasteiger charge is -2.00. The third-order valence-corrected chi connectivity index (χ3v) is 1.90. The Morgan fingerprint density at radius 3 is 3.00 bits per heavy atom. The maximum absolute atomic E-state index is 7.84. The molecule has 68 valence electrons. The van der Waals surface area contributed by atoms with E-state index in [1.807, 2.05) is 0 Å². The first-order valence-electron chi connectivity index (χ1n) is 5.87. The van der Waals surface area contributed by atoms with Gasteiger partial charge in [-0.2, -0.15) is 4.73 Å². The summed E-state index contributed by atoms with van der Waals surface area (Å²) in [5.74, 6) is 0. The molecule has 1 aromatic heterocycles. The van der Waals surface area contributed by atoms with Crippen LogP contribution >= 0.6 is 0 Å². The maximum atomic E-state index is 7.84. The highest BCUT2D eigenvalue weighted by Gasteiger charge is 2.05. The number of nitrogens with zero attached hydrogens (tertiary/aromatic N) is 1. The fourth-order valence-electron chi connectivity index (χ4n) is 1.27. The van der Waals surface area contributed by atoms with Crippen LogP contribution < -0.4 is 10.6 Å². The molecule has 0 radical (unpaired) electrons. The lowest BCUT2D eigenvalue weighted by molar-refractivity contribution is 0.179. The van der Waals surface area contributed by atoms with Gasteiger partial charge in [-0.05, 0) is 11.6 Å². The Morgan fingerprint density at radius 1 is 1.54 bits per heavy atom. The van der Waals surface area contributed by atoms with Crippen LogP contribution in [0.5, 0.6) is 0 Å². The van der Waals surface area contributed by atoms with E-state index in [2.05, 4.69) is 0 Å². The molecule has 0 atom stereocenters. The van der Waals surface area contributed by atoms with Crippen molar-refractivity contribution in [3.63, 3.8) is 0 Å². The second-order valence-electron chi connectivity index (χ2n) is 2.59. The largest absolute Gasteiger partial charge is 0.417 e. The van der Waals surface area contributed by atoms with E-state index >= 15 is 0 Å². The standard InChI is InChI=1S/C10H12N2O/c1-13-12-7-8(6-11)9-4-2-3-5-10(9)12/h2-5,7H,6,11H2,1H3/i2D,3D,4D,5D. The second-order valence-corrected chi connectivity index (χ2v) is 2.59. The smallest absolute Gasteiger partial charge is 0.104 e. The van der Waals surface area contributed by atoms with Crippen LogP contribution in [0.15, 0.2) is 30.4 Å². The minimum atomic E-state index is -0.275. The first-order valence-corrected chi connectivity index (χ1v) is 3.87. The topological polar surface area (TPSA) is 40.2 Å². The van der Waals surface area contributed by atoms with Crippen molar-refractivity contribution < 1.29 is 10.3 Å². The van der Waals surface area contributed by atoms with Crippen LogP contribution in [0.1, 0.15) is 11.0 Å². The van der Waals surface area contributed by atoms with Crippen molar-refractivity contribution in [1.29, 1.82) is 0 Å². The molecular weight excluding hydrogens is 164 g/mol. The lowest BCUT2D eigenvalue weighted by atomic mass is 10.2. The van der Waals surface area contributed by atoms with Gasteiger partial charge in [-0.1, -0.05) is 18.1 Å². The molecule has 1 aromatic carbocycles. The fourth-order valence-corrected chi connectivity index (χ4v) is 1.27. The van der Waals surface area contributed by atoms with E-state index in [0.717, 1.165) is 0 Å². The summed E-state index contributed by atoms with van der Waals surface area (Å²) >= 11 is 0. The van der Waals surface area contributed by atoms with E-state index in [9.17, 15) is 0 Å². The molecule has 3 heteroatoms. The Morgan fingerprint density at radius 2 is 2.31 bits per heavy atom. The predicted octanol–water partition coefficient (Wildman–Crippen LogP) is 1.16. The molecule has 3 nitrogen and oxygen atoms in total. The molecule has 0 spiro atoms. The van der Waals surface area contributed by atoms with E-state index in [1.165, 1.54) is 11.8 Å². The molecule has 1 heterocycles. The van der Waals surface area contributed by atoms with Crippen molar-refractivity contribution in [3.05, 3.63) is 35.9 Å². The molecule has 0 bridgehead atoms. The molecule has 13 heavy (non-hydrogen) atoms. The Kier molecular flexibility index (Phi) is 1.12. The molecule has 0 unspecified atom stereocenters. The van der Waals surface area contributed by atoms with Gasteiger partial charge in [-0.25, -0.2) is 0 Å². The van der Waals surface area contributed by atoms with Gasteiger partial charge in [-0.15, -0.1) is 0 Å². The van der Waals surface area contributed by atoms with Crippen LogP contribution in [-0.4, -0.2) is 11.8 Å². The molecule has 2 N–H and O–H groups in total. The van der Waals surface area contributed by atoms with E-state index in [1.54, 1.807) is 6.20 Å². The second kappa shape index (κ2) is 3.11. The van der Waals surface area contributed by atoms with Crippen molar-refractivity contribution in [2.45, 2.75) is 6.54 Å². The van der Waals surface area contributed by atoms with Crippen molar-refractivity contribution in [3.8, 4) is 0 Å². The van der Waals surface area contributed by atoms with E-state index in [0.29, 0.717) is 16.5 Å². The van der Waals surface area contributed by atoms with Gasteiger partial charge in [-0.3, -0.25) is 0 Å². The summed E-state index contributed by atoms with van der Waals surface area (Å²) in [4.78, 5) is 5.05. The molecule has 2 aromatic rings. The number of fused-ring (bicyclic) bond motifs is 1. The summed E-state index contributed by atoms with van der Waals surface area (Å²) in [5.41, 5.74) is 6.52. The number of aromatic nitrogens is 1. The Hall–Kier alpha value is -1.48. The van der Waals surface area contributed by atoms with E-state index in [-0.39, 0.29) is 30.7 Å². The number of nitrogens with two attached hydrogens (primary N) is 1. The van der Waals surface area contributed by atoms with Gasteiger partial charge < -0.3 is 10.6 Å². The molecule has 0 amide bonds. The maximum Gasteiger partial charge on any atom is 0.104 e. The van der Waals surface area contributed by atoms with E-state index < -0.39 is 0 Å². The van der Waals surface area contributed by atoms with Gasteiger partial charge in [0.1, 0.15) is 7.11 Å². The number of rotatable bonds is 2. The summed E-state index contributed by atoms with van der Waals surface area (Å²) in [5, 5.41) is 0.417. The summed E-state index contributed by atoms with van der Waals surface area (Å²) in [6.07, 6.45) is 1.58. The quantitative estimate of drug-likeness (QED) is 0.753. The third kappa shape index (κ3) is 1.17. The molecule has 0 saturated carbocycles. The van der Waals surface area contributed by atoms with Crippen LogP contribution in [0.2, 0.25) is 0 Å². The fraction of sp³-hybridized carbons (Fsp3) is 0.200. The molecule has 0 aliphatic carbocycles. The van der Waals surface area contributed by atoms with Gasteiger partial charge in [0.15, 0.2) is 0 Å². The summed E-state index contributed by atoms with van der Waals surface area (Å²) in [6.45, 7) is 0.189. The van der Waals surface area contributed by atoms with Crippen molar-refractivity contribution in [2.24, 2.45) is 5.73 Å². The van der Waals surface area contributed by atoms with E-state index in [4.69, 9.17) is 16.1 Å². The lowest BCUT2D eigenvalue weighted by Crippen LogP contribution is -2.03. The van der Waals surface area contributed by atoms with Crippen LogP contribution in [0, 0.1) is 0 Å². The number of para-hydroxylation sites is 1. The monoisotopic (exact) mass is 180 g/mol. The summed E-state index contributed by atoms with van der Waals surface area (Å²) in [7, 11) is 1.43. The molecule has 2 rings (SSSR count). The first-order chi connectivity index (χ1) is 8.02. The number of hydrogen-bond acceptors (Lipinski definition) is 2. The SMILES string of the molecule is [2H]c1c([2H])c([2H])c2c(c(CN)cn2OC)c1[2H]. The van der Waals surface area contributed by atoms with Crippen LogP contribution in [-0.2, 0) is 6.54 Å². The molecule has 0 fully saturated rings. The molecule has 0 saturated heterocycles. The normalized spacial score (nSPS) is 14.9. The Bertz CT molecular complexity index is 544. The highest BCUT2D eigenvalue weighted by Crippen LogP contribution is 2.19. The third-order valence-electron chi connectivity index (χ3n) is 1.90. The highest BCUT2D eigenvalue weighted by molar-refractivity contribution is 5.83. The average molecular weight is 180 g/mol. The highest BCUT2D eigenvalue weighted by atomic mass is 16.6. The van der Waals surface area contributed by atoms with Gasteiger partial charge in [0.2, 0.25) is 0 Å². The average Bonchev–Trinajstić information content (AvgIpc) is 2.72. The van der Waals surface area contributed by atoms with Crippen molar-refractivity contribution >= 4 is 10.9 Å². The van der Waals surface area contributed by atoms with Crippen LogP contribution in [0.4, 0.5) is 0 Å². The van der Waals surface area contributed by atoms with Gasteiger partial charge in [0, 0.05) is 18.1 Å². The number of benzene rings is 1. The Labute approximate surface area is 82.3 Å². The van der Waals surface area contributed by atoms with Crippen molar-refractivity contribution in [2.75, 3.05) is 7.11 Å². The summed E-state index contributed by atoms with van der Waals surface area (Å²) < 4.78 is 32.2. The zero-order valence-electron chi connectivity index (χ0n) is 11.2. The predicted molar refractivity (Wildman–Crippen MR) is 52.3 cm³/mol. The zero-order valence-corrected chi connectivity index (χ0v) is 7.22. The van der Waals surface area contributed by atoms with Gasteiger partial charge >= 0.3 is 0 Å². The minimum Gasteiger partial charge on any atom is -0.417 e. The first kappa shape index (κ1) is 4.67. The van der Waals surface area contributed by atoms with Gasteiger partial charge in [0.05, 0.1) is 11.0 Å². The van der Waals surface area contributed by atoms with Crippen LogP contribution in [0.25, 0.3) is 10.9 Å². The molecule has 0 aliphatic rings. The molecule has 0 aliphatic heterocycles.